The average Bonchev–Trinajstić information content (AvgIpc) is 2.34. The minimum absolute atomic E-state index is 0.258. The highest BCUT2D eigenvalue weighted by molar-refractivity contribution is 5.49. The van der Waals surface area contributed by atoms with Crippen LogP contribution < -0.4 is 4.90 Å². The van der Waals surface area contributed by atoms with Gasteiger partial charge >= 0.3 is 0 Å². The molecule has 4 nitrogen and oxygen atoms in total. The van der Waals surface area contributed by atoms with E-state index in [0.29, 0.717) is 0 Å². The quantitative estimate of drug-likeness (QED) is 0.885. The van der Waals surface area contributed by atoms with Crippen LogP contribution in [0.5, 0.6) is 0 Å². The lowest BCUT2D eigenvalue weighted by molar-refractivity contribution is 0.187. The van der Waals surface area contributed by atoms with Crippen LogP contribution in [0.15, 0.2) is 0 Å². The molecule has 18 heavy (non-hydrogen) atoms. The van der Waals surface area contributed by atoms with Gasteiger partial charge in [0.05, 0.1) is 6.10 Å². The van der Waals surface area contributed by atoms with Crippen LogP contribution in [0, 0.1) is 6.92 Å². The fourth-order valence-electron chi connectivity index (χ4n) is 2.50. The standard InChI is InChI=1S/C14H23N3O/c1-10(18)8-9-17(3)14-12-6-4-5-7-13(12)15-11(2)16-14/h10,18H,4-9H2,1-3H3. The maximum atomic E-state index is 9.38. The zero-order valence-electron chi connectivity index (χ0n) is 11.6. The Hall–Kier alpha value is -1.16. The smallest absolute Gasteiger partial charge is 0.135 e. The number of aryl methyl sites for hydroxylation is 2. The van der Waals surface area contributed by atoms with Crippen LogP contribution >= 0.6 is 0 Å². The molecule has 1 heterocycles. The van der Waals surface area contributed by atoms with Crippen molar-refractivity contribution in [3.63, 3.8) is 0 Å². The first kappa shape index (κ1) is 13.3. The van der Waals surface area contributed by atoms with Crippen molar-refractivity contribution in [1.29, 1.82) is 0 Å². The first-order valence-corrected chi connectivity index (χ1v) is 6.83. The Morgan fingerprint density at radius 3 is 2.72 bits per heavy atom. The number of rotatable bonds is 4. The van der Waals surface area contributed by atoms with E-state index in [9.17, 15) is 5.11 Å². The highest BCUT2D eigenvalue weighted by atomic mass is 16.3. The summed E-state index contributed by atoms with van der Waals surface area (Å²) in [6, 6.07) is 0. The number of hydrogen-bond acceptors (Lipinski definition) is 4. The maximum Gasteiger partial charge on any atom is 0.135 e. The summed E-state index contributed by atoms with van der Waals surface area (Å²) in [6.07, 6.45) is 5.15. The van der Waals surface area contributed by atoms with Gasteiger partial charge in [-0.15, -0.1) is 0 Å². The molecule has 0 bridgehead atoms. The molecule has 0 saturated heterocycles. The summed E-state index contributed by atoms with van der Waals surface area (Å²) in [4.78, 5) is 11.3. The van der Waals surface area contributed by atoms with E-state index in [0.717, 1.165) is 37.4 Å². The molecule has 0 saturated carbocycles. The van der Waals surface area contributed by atoms with Gasteiger partial charge in [0, 0.05) is 24.8 Å². The summed E-state index contributed by atoms with van der Waals surface area (Å²) in [5, 5.41) is 9.38. The second-order valence-corrected chi connectivity index (χ2v) is 5.29. The van der Waals surface area contributed by atoms with Gasteiger partial charge in [0.2, 0.25) is 0 Å². The lowest BCUT2D eigenvalue weighted by Gasteiger charge is -2.25. The van der Waals surface area contributed by atoms with Crippen molar-refractivity contribution < 1.29 is 5.11 Å². The molecule has 0 radical (unpaired) electrons. The summed E-state index contributed by atoms with van der Waals surface area (Å²) >= 11 is 0. The van der Waals surface area contributed by atoms with Crippen LogP contribution in [0.1, 0.15) is 43.3 Å². The molecule has 1 atom stereocenters. The van der Waals surface area contributed by atoms with Crippen molar-refractivity contribution >= 4 is 5.82 Å². The van der Waals surface area contributed by atoms with Crippen molar-refractivity contribution in [3.8, 4) is 0 Å². The van der Waals surface area contributed by atoms with Gasteiger partial charge in [-0.1, -0.05) is 0 Å². The molecule has 100 valence electrons. The summed E-state index contributed by atoms with van der Waals surface area (Å²) < 4.78 is 0. The van der Waals surface area contributed by atoms with Crippen LogP contribution in [0.25, 0.3) is 0 Å². The number of anilines is 1. The van der Waals surface area contributed by atoms with Crippen LogP contribution in [0.2, 0.25) is 0 Å². The number of hydrogen-bond donors (Lipinski definition) is 1. The largest absolute Gasteiger partial charge is 0.393 e. The van der Waals surface area contributed by atoms with E-state index >= 15 is 0 Å². The first-order chi connectivity index (χ1) is 8.58. The molecule has 4 heteroatoms. The normalized spacial score (nSPS) is 16.2. The third-order valence-electron chi connectivity index (χ3n) is 3.52. The highest BCUT2D eigenvalue weighted by Gasteiger charge is 2.19. The Morgan fingerprint density at radius 2 is 2.00 bits per heavy atom. The molecule has 1 N–H and O–H groups in total. The fourth-order valence-corrected chi connectivity index (χ4v) is 2.50. The van der Waals surface area contributed by atoms with Gasteiger partial charge in [-0.25, -0.2) is 9.97 Å². The molecule has 2 rings (SSSR count). The van der Waals surface area contributed by atoms with E-state index in [4.69, 9.17) is 0 Å². The second kappa shape index (κ2) is 5.65. The molecule has 0 aliphatic heterocycles. The molecular weight excluding hydrogens is 226 g/mol. The summed E-state index contributed by atoms with van der Waals surface area (Å²) in [7, 11) is 2.05. The number of nitrogens with zero attached hydrogens (tertiary/aromatic N) is 3. The Bertz CT molecular complexity index is 418. The SMILES string of the molecule is Cc1nc2c(c(N(C)CCC(C)O)n1)CCCC2. The average molecular weight is 249 g/mol. The van der Waals surface area contributed by atoms with E-state index in [2.05, 4.69) is 21.9 Å². The molecule has 1 unspecified atom stereocenters. The zero-order chi connectivity index (χ0) is 13.1. The molecule has 0 spiro atoms. The fraction of sp³-hybridized carbons (Fsp3) is 0.714. The van der Waals surface area contributed by atoms with Gasteiger partial charge in [-0.2, -0.15) is 0 Å². The lowest BCUT2D eigenvalue weighted by Crippen LogP contribution is -2.26. The predicted molar refractivity (Wildman–Crippen MR) is 73.0 cm³/mol. The topological polar surface area (TPSA) is 49.2 Å². The predicted octanol–water partition coefficient (Wildman–Crippen LogP) is 1.87. The maximum absolute atomic E-state index is 9.38. The first-order valence-electron chi connectivity index (χ1n) is 6.83. The monoisotopic (exact) mass is 249 g/mol. The number of aromatic nitrogens is 2. The van der Waals surface area contributed by atoms with Gasteiger partial charge in [0.25, 0.3) is 0 Å². The lowest BCUT2D eigenvalue weighted by atomic mass is 9.96. The highest BCUT2D eigenvalue weighted by Crippen LogP contribution is 2.27. The van der Waals surface area contributed by atoms with E-state index in [1.54, 1.807) is 0 Å². The number of fused-ring (bicyclic) bond motifs is 1. The summed E-state index contributed by atoms with van der Waals surface area (Å²) in [5.41, 5.74) is 2.55. The third-order valence-corrected chi connectivity index (χ3v) is 3.52. The minimum Gasteiger partial charge on any atom is -0.393 e. The second-order valence-electron chi connectivity index (χ2n) is 5.29. The van der Waals surface area contributed by atoms with Crippen LogP contribution in [0.3, 0.4) is 0 Å². The molecule has 0 amide bonds. The van der Waals surface area contributed by atoms with E-state index in [1.807, 2.05) is 13.8 Å². The Balaban J connectivity index is 2.23. The van der Waals surface area contributed by atoms with Crippen molar-refractivity contribution in [2.75, 3.05) is 18.5 Å². The molecule has 1 aliphatic carbocycles. The number of aliphatic hydroxyl groups is 1. The van der Waals surface area contributed by atoms with Crippen LogP contribution in [-0.4, -0.2) is 34.8 Å². The summed E-state index contributed by atoms with van der Waals surface area (Å²) in [5.74, 6) is 1.92. The summed E-state index contributed by atoms with van der Waals surface area (Å²) in [6.45, 7) is 4.62. The molecule has 0 aromatic carbocycles. The van der Waals surface area contributed by atoms with Crippen molar-refractivity contribution in [1.82, 2.24) is 9.97 Å². The van der Waals surface area contributed by atoms with Crippen molar-refractivity contribution in [2.24, 2.45) is 0 Å². The minimum atomic E-state index is -0.258. The Morgan fingerprint density at radius 1 is 1.28 bits per heavy atom. The van der Waals surface area contributed by atoms with Crippen molar-refractivity contribution in [2.45, 2.75) is 52.1 Å². The Kier molecular flexibility index (Phi) is 4.17. The van der Waals surface area contributed by atoms with Gasteiger partial charge in [-0.05, 0) is 46.0 Å². The number of aliphatic hydroxyl groups excluding tert-OH is 1. The van der Waals surface area contributed by atoms with E-state index < -0.39 is 0 Å². The van der Waals surface area contributed by atoms with Gasteiger partial charge < -0.3 is 10.0 Å². The van der Waals surface area contributed by atoms with Crippen LogP contribution in [0.4, 0.5) is 5.82 Å². The van der Waals surface area contributed by atoms with E-state index in [-0.39, 0.29) is 6.10 Å². The molecule has 1 aromatic rings. The third kappa shape index (κ3) is 2.99. The van der Waals surface area contributed by atoms with Gasteiger partial charge in [-0.3, -0.25) is 0 Å². The van der Waals surface area contributed by atoms with Crippen LogP contribution in [-0.2, 0) is 12.8 Å². The van der Waals surface area contributed by atoms with Gasteiger partial charge in [0.15, 0.2) is 0 Å². The Labute approximate surface area is 109 Å². The van der Waals surface area contributed by atoms with Crippen molar-refractivity contribution in [3.05, 3.63) is 17.1 Å². The van der Waals surface area contributed by atoms with E-state index in [1.165, 1.54) is 24.1 Å². The molecule has 1 aliphatic rings. The molecule has 0 fully saturated rings. The molecular formula is C14H23N3O. The molecule has 1 aromatic heterocycles. The van der Waals surface area contributed by atoms with Gasteiger partial charge in [0.1, 0.15) is 11.6 Å². The zero-order valence-corrected chi connectivity index (χ0v) is 11.6.